The molecule has 1 heterocycles. The Kier molecular flexibility index (Phi) is 5.89. The fraction of sp³-hybridized carbons (Fsp3) is 0.500. The van der Waals surface area contributed by atoms with Gasteiger partial charge in [-0.05, 0) is 25.0 Å². The van der Waals surface area contributed by atoms with Crippen LogP contribution < -0.4 is 10.1 Å². The highest BCUT2D eigenvalue weighted by molar-refractivity contribution is 5.80. The maximum atomic E-state index is 12.8. The summed E-state index contributed by atoms with van der Waals surface area (Å²) in [6.45, 7) is -0.219. The summed E-state index contributed by atoms with van der Waals surface area (Å²) in [6, 6.07) is 4.56. The summed E-state index contributed by atoms with van der Waals surface area (Å²) in [7, 11) is 0. The average molecular weight is 361 g/mol. The van der Waals surface area contributed by atoms with Crippen molar-refractivity contribution in [3.05, 3.63) is 29.8 Å². The van der Waals surface area contributed by atoms with Crippen molar-refractivity contribution < 1.29 is 37.3 Å². The molecular weight excluding hydrogens is 343 g/mol. The van der Waals surface area contributed by atoms with Crippen LogP contribution in [0.2, 0.25) is 0 Å². The van der Waals surface area contributed by atoms with Gasteiger partial charge in [-0.1, -0.05) is 12.1 Å². The third-order valence-electron chi connectivity index (χ3n) is 4.08. The number of hydrogen-bond donors (Lipinski definition) is 2. The van der Waals surface area contributed by atoms with Gasteiger partial charge >= 0.3 is 12.1 Å². The van der Waals surface area contributed by atoms with Crippen LogP contribution in [0, 0.1) is 5.41 Å². The van der Waals surface area contributed by atoms with Crippen LogP contribution in [0.15, 0.2) is 24.3 Å². The van der Waals surface area contributed by atoms with Crippen LogP contribution in [-0.2, 0) is 20.5 Å². The molecule has 138 valence electrons. The minimum atomic E-state index is -4.59. The maximum absolute atomic E-state index is 12.8. The van der Waals surface area contributed by atoms with Gasteiger partial charge in [0.25, 0.3) is 5.91 Å². The predicted molar refractivity (Wildman–Crippen MR) is 80.1 cm³/mol. The molecule has 0 radical (unpaired) electrons. The van der Waals surface area contributed by atoms with Crippen LogP contribution in [0.5, 0.6) is 5.75 Å². The normalized spacial score (nSPS) is 16.9. The van der Waals surface area contributed by atoms with Gasteiger partial charge in [0.1, 0.15) is 5.75 Å². The van der Waals surface area contributed by atoms with E-state index in [-0.39, 0.29) is 32.6 Å². The molecule has 1 amide bonds. The molecule has 9 heteroatoms. The number of carboxylic acids is 1. The number of amides is 1. The van der Waals surface area contributed by atoms with Gasteiger partial charge in [0.15, 0.2) is 6.61 Å². The number of halogens is 3. The summed E-state index contributed by atoms with van der Waals surface area (Å²) in [5.41, 5.74) is -2.10. The van der Waals surface area contributed by atoms with E-state index in [1.807, 2.05) is 0 Å². The smallest absolute Gasteiger partial charge is 0.419 e. The first-order valence-electron chi connectivity index (χ1n) is 7.61. The number of benzene rings is 1. The van der Waals surface area contributed by atoms with E-state index in [1.54, 1.807) is 0 Å². The van der Waals surface area contributed by atoms with Gasteiger partial charge in [-0.3, -0.25) is 9.59 Å². The van der Waals surface area contributed by atoms with Crippen LogP contribution in [-0.4, -0.2) is 43.3 Å². The second-order valence-corrected chi connectivity index (χ2v) is 5.76. The third-order valence-corrected chi connectivity index (χ3v) is 4.08. The van der Waals surface area contributed by atoms with E-state index in [0.29, 0.717) is 0 Å². The molecule has 1 aliphatic heterocycles. The van der Waals surface area contributed by atoms with E-state index < -0.39 is 41.4 Å². The molecule has 0 saturated carbocycles. The lowest BCUT2D eigenvalue weighted by Gasteiger charge is -2.33. The Labute approximate surface area is 141 Å². The summed E-state index contributed by atoms with van der Waals surface area (Å²) >= 11 is 0. The minimum absolute atomic E-state index is 0.130. The molecular formula is C16H18F3NO5. The average Bonchev–Trinajstić information content (AvgIpc) is 2.58. The van der Waals surface area contributed by atoms with Gasteiger partial charge in [-0.25, -0.2) is 0 Å². The highest BCUT2D eigenvalue weighted by Crippen LogP contribution is 2.35. The molecule has 2 rings (SSSR count). The van der Waals surface area contributed by atoms with Gasteiger partial charge in [0.05, 0.1) is 11.0 Å². The molecule has 1 aromatic rings. The molecule has 0 atom stereocenters. The Morgan fingerprint density at radius 1 is 1.24 bits per heavy atom. The summed E-state index contributed by atoms with van der Waals surface area (Å²) < 4.78 is 48.6. The van der Waals surface area contributed by atoms with Crippen LogP contribution in [0.3, 0.4) is 0 Å². The second kappa shape index (κ2) is 7.73. The molecule has 6 nitrogen and oxygen atoms in total. The molecule has 0 aliphatic carbocycles. The molecule has 0 aromatic heterocycles. The van der Waals surface area contributed by atoms with Crippen LogP contribution >= 0.6 is 0 Å². The van der Waals surface area contributed by atoms with Crippen molar-refractivity contribution >= 4 is 11.9 Å². The number of aliphatic carboxylic acids is 1. The lowest BCUT2D eigenvalue weighted by molar-refractivity contribution is -0.155. The van der Waals surface area contributed by atoms with Gasteiger partial charge < -0.3 is 19.9 Å². The Morgan fingerprint density at radius 2 is 1.88 bits per heavy atom. The summed E-state index contributed by atoms with van der Waals surface area (Å²) in [6.07, 6.45) is -4.09. The fourth-order valence-electron chi connectivity index (χ4n) is 2.52. The van der Waals surface area contributed by atoms with Crippen LogP contribution in [0.1, 0.15) is 18.4 Å². The van der Waals surface area contributed by atoms with Gasteiger partial charge in [0, 0.05) is 19.8 Å². The number of nitrogens with one attached hydrogen (secondary N) is 1. The number of para-hydroxylation sites is 1. The van der Waals surface area contributed by atoms with Crippen molar-refractivity contribution in [3.63, 3.8) is 0 Å². The van der Waals surface area contributed by atoms with Gasteiger partial charge in [-0.2, -0.15) is 13.2 Å². The van der Waals surface area contributed by atoms with Crippen LogP contribution in [0.25, 0.3) is 0 Å². The number of hydrogen-bond acceptors (Lipinski definition) is 4. The number of carbonyl (C=O) groups excluding carboxylic acids is 1. The van der Waals surface area contributed by atoms with Crippen molar-refractivity contribution in [2.24, 2.45) is 5.41 Å². The lowest BCUT2D eigenvalue weighted by Crippen LogP contribution is -2.47. The fourth-order valence-corrected chi connectivity index (χ4v) is 2.52. The lowest BCUT2D eigenvalue weighted by atomic mass is 9.80. The molecule has 2 N–H and O–H groups in total. The minimum Gasteiger partial charge on any atom is -0.483 e. The van der Waals surface area contributed by atoms with E-state index in [0.717, 1.165) is 12.1 Å². The largest absolute Gasteiger partial charge is 0.483 e. The first kappa shape index (κ1) is 19.0. The van der Waals surface area contributed by atoms with Crippen molar-refractivity contribution in [1.82, 2.24) is 5.32 Å². The summed E-state index contributed by atoms with van der Waals surface area (Å²) in [4.78, 5) is 23.3. The third kappa shape index (κ3) is 4.85. The van der Waals surface area contributed by atoms with E-state index in [9.17, 15) is 27.9 Å². The molecule has 0 spiro atoms. The molecule has 1 fully saturated rings. The topological polar surface area (TPSA) is 84.9 Å². The SMILES string of the molecule is O=C(COc1ccccc1C(F)(F)F)NCC1(C(=O)O)CCOCC1. The second-order valence-electron chi connectivity index (χ2n) is 5.76. The van der Waals surface area contributed by atoms with E-state index in [4.69, 9.17) is 9.47 Å². The first-order valence-corrected chi connectivity index (χ1v) is 7.61. The zero-order valence-electron chi connectivity index (χ0n) is 13.3. The van der Waals surface area contributed by atoms with Crippen molar-refractivity contribution in [2.75, 3.05) is 26.4 Å². The molecule has 25 heavy (non-hydrogen) atoms. The molecule has 0 bridgehead atoms. The van der Waals surface area contributed by atoms with Crippen molar-refractivity contribution in [1.29, 1.82) is 0 Å². The predicted octanol–water partition coefficient (Wildman–Crippen LogP) is 2.08. The number of carbonyl (C=O) groups is 2. The van der Waals surface area contributed by atoms with Crippen LogP contribution in [0.4, 0.5) is 13.2 Å². The quantitative estimate of drug-likeness (QED) is 0.810. The maximum Gasteiger partial charge on any atom is 0.419 e. The Morgan fingerprint density at radius 3 is 2.48 bits per heavy atom. The summed E-state index contributed by atoms with van der Waals surface area (Å²) in [5, 5.41) is 11.8. The zero-order chi connectivity index (χ0) is 18.5. The number of alkyl halides is 3. The van der Waals surface area contributed by atoms with E-state index in [1.165, 1.54) is 12.1 Å². The molecule has 1 aromatic carbocycles. The zero-order valence-corrected chi connectivity index (χ0v) is 13.3. The highest BCUT2D eigenvalue weighted by Gasteiger charge is 2.40. The van der Waals surface area contributed by atoms with Crippen molar-refractivity contribution in [2.45, 2.75) is 19.0 Å². The highest BCUT2D eigenvalue weighted by atomic mass is 19.4. The molecule has 0 unspecified atom stereocenters. The number of rotatable bonds is 6. The standard InChI is InChI=1S/C16H18F3NO5/c17-16(18,19)11-3-1-2-4-12(11)25-9-13(21)20-10-15(14(22)23)5-7-24-8-6-15/h1-4H,5-10H2,(H,20,21)(H,22,23). The number of carboxylic acid groups (broad SMARTS) is 1. The Bertz CT molecular complexity index is 626. The molecule has 1 saturated heterocycles. The Hall–Kier alpha value is -2.29. The van der Waals surface area contributed by atoms with Gasteiger partial charge in [0.2, 0.25) is 0 Å². The molecule has 1 aliphatic rings. The summed E-state index contributed by atoms with van der Waals surface area (Å²) in [5.74, 6) is -2.19. The first-order chi connectivity index (χ1) is 11.7. The monoisotopic (exact) mass is 361 g/mol. The van der Waals surface area contributed by atoms with Gasteiger partial charge in [-0.15, -0.1) is 0 Å². The Balaban J connectivity index is 1.92. The van der Waals surface area contributed by atoms with E-state index in [2.05, 4.69) is 5.32 Å². The van der Waals surface area contributed by atoms with E-state index >= 15 is 0 Å². The van der Waals surface area contributed by atoms with Crippen molar-refractivity contribution in [3.8, 4) is 5.75 Å². The number of ether oxygens (including phenoxy) is 2.